The molecule has 0 bridgehead atoms. The Bertz CT molecular complexity index is 1200. The molecule has 0 aliphatic carbocycles. The van der Waals surface area contributed by atoms with Gasteiger partial charge in [-0.05, 0) is 81.4 Å². The Balaban J connectivity index is 1.63. The zero-order valence-electron chi connectivity index (χ0n) is 17.1. The quantitative estimate of drug-likeness (QED) is 0.277. The van der Waals surface area contributed by atoms with E-state index in [4.69, 9.17) is 9.47 Å². The summed E-state index contributed by atoms with van der Waals surface area (Å²) in [5, 5.41) is 1.86. The first-order chi connectivity index (χ1) is 15.0. The second-order valence-corrected chi connectivity index (χ2v) is 9.03. The van der Waals surface area contributed by atoms with Crippen LogP contribution in [0.15, 0.2) is 59.5 Å². The lowest BCUT2D eigenvalue weighted by molar-refractivity contribution is -0.123. The molecule has 3 aromatic rings. The summed E-state index contributed by atoms with van der Waals surface area (Å²) in [5.41, 5.74) is 1.73. The van der Waals surface area contributed by atoms with Gasteiger partial charge in [0.25, 0.3) is 11.1 Å². The number of thioether (sulfide) groups is 1. The maximum absolute atomic E-state index is 13.0. The van der Waals surface area contributed by atoms with Crippen LogP contribution >= 0.6 is 34.4 Å². The fourth-order valence-electron chi connectivity index (χ4n) is 3.52. The number of carbonyl (C=O) groups is 2. The van der Waals surface area contributed by atoms with Crippen molar-refractivity contribution in [3.05, 3.63) is 74.2 Å². The Labute approximate surface area is 198 Å². The topological polar surface area (TPSA) is 55.8 Å². The number of hydrogen-bond acceptors (Lipinski definition) is 5. The third-order valence-electron chi connectivity index (χ3n) is 4.92. The first-order valence-electron chi connectivity index (χ1n) is 9.74. The molecule has 1 heterocycles. The average Bonchev–Trinajstić information content (AvgIpc) is 3.01. The van der Waals surface area contributed by atoms with Crippen molar-refractivity contribution >= 4 is 62.3 Å². The van der Waals surface area contributed by atoms with Crippen LogP contribution in [0.5, 0.6) is 11.5 Å². The lowest BCUT2D eigenvalue weighted by atomic mass is 10.0. The van der Waals surface area contributed by atoms with Gasteiger partial charge in [0.1, 0.15) is 0 Å². The SMILES string of the molecule is CCOc1cc(/C=C2/SC(=O)N(Cc3cccc4ccccc34)C2=O)cc(I)c1OC. The van der Waals surface area contributed by atoms with E-state index in [0.29, 0.717) is 23.0 Å². The van der Waals surface area contributed by atoms with Crippen LogP contribution in [0.3, 0.4) is 0 Å². The van der Waals surface area contributed by atoms with Gasteiger partial charge in [0.15, 0.2) is 11.5 Å². The Morgan fingerprint density at radius 1 is 1.10 bits per heavy atom. The van der Waals surface area contributed by atoms with E-state index >= 15 is 0 Å². The highest BCUT2D eigenvalue weighted by atomic mass is 127. The number of fused-ring (bicyclic) bond motifs is 1. The minimum absolute atomic E-state index is 0.244. The second kappa shape index (κ2) is 9.32. The fraction of sp³-hybridized carbons (Fsp3) is 0.167. The number of imide groups is 1. The van der Waals surface area contributed by atoms with E-state index in [0.717, 1.165) is 37.2 Å². The summed E-state index contributed by atoms with van der Waals surface area (Å²) in [6.07, 6.45) is 1.73. The van der Waals surface area contributed by atoms with E-state index in [1.54, 1.807) is 13.2 Å². The lowest BCUT2D eigenvalue weighted by Crippen LogP contribution is -2.27. The number of ether oxygens (including phenoxy) is 2. The van der Waals surface area contributed by atoms with Crippen LogP contribution in [-0.2, 0) is 11.3 Å². The van der Waals surface area contributed by atoms with Gasteiger partial charge in [-0.2, -0.15) is 0 Å². The maximum atomic E-state index is 13.0. The van der Waals surface area contributed by atoms with E-state index in [-0.39, 0.29) is 17.7 Å². The fourth-order valence-corrected chi connectivity index (χ4v) is 5.20. The molecule has 3 aromatic carbocycles. The Morgan fingerprint density at radius 2 is 1.87 bits per heavy atom. The lowest BCUT2D eigenvalue weighted by Gasteiger charge is -2.14. The standard InChI is InChI=1S/C24H20INO4S/c1-3-30-20-12-15(11-19(25)22(20)29-2)13-21-23(27)26(24(28)31-21)14-17-9-6-8-16-7-4-5-10-18(16)17/h4-13H,3,14H2,1-2H3/b21-13+. The number of nitrogens with zero attached hydrogens (tertiary/aromatic N) is 1. The van der Waals surface area contributed by atoms with E-state index in [9.17, 15) is 9.59 Å². The summed E-state index contributed by atoms with van der Waals surface area (Å²) in [5.74, 6) is 0.980. The van der Waals surface area contributed by atoms with Gasteiger partial charge in [0.05, 0.1) is 28.7 Å². The highest BCUT2D eigenvalue weighted by molar-refractivity contribution is 14.1. The molecule has 0 radical (unpaired) electrons. The van der Waals surface area contributed by atoms with Crippen LogP contribution in [0.25, 0.3) is 16.8 Å². The van der Waals surface area contributed by atoms with Crippen molar-refractivity contribution in [2.75, 3.05) is 13.7 Å². The third-order valence-corrected chi connectivity index (χ3v) is 6.62. The van der Waals surface area contributed by atoms with E-state index in [2.05, 4.69) is 22.6 Å². The highest BCUT2D eigenvalue weighted by Crippen LogP contribution is 2.38. The second-order valence-electron chi connectivity index (χ2n) is 6.87. The Hall–Kier alpha value is -2.52. The molecule has 31 heavy (non-hydrogen) atoms. The molecule has 158 valence electrons. The molecule has 2 amide bonds. The van der Waals surface area contributed by atoms with Crippen molar-refractivity contribution in [2.45, 2.75) is 13.5 Å². The molecule has 0 atom stereocenters. The largest absolute Gasteiger partial charge is 0.492 e. The first-order valence-corrected chi connectivity index (χ1v) is 11.6. The molecular formula is C24H20INO4S. The molecule has 5 nitrogen and oxygen atoms in total. The van der Waals surface area contributed by atoms with Gasteiger partial charge in [0, 0.05) is 0 Å². The molecule has 1 aliphatic heterocycles. The molecular weight excluding hydrogens is 525 g/mol. The van der Waals surface area contributed by atoms with Crippen LogP contribution in [0, 0.1) is 3.57 Å². The summed E-state index contributed by atoms with van der Waals surface area (Å²) in [7, 11) is 1.60. The van der Waals surface area contributed by atoms with Crippen molar-refractivity contribution in [1.29, 1.82) is 0 Å². The molecule has 0 spiro atoms. The minimum Gasteiger partial charge on any atom is -0.492 e. The van der Waals surface area contributed by atoms with E-state index < -0.39 is 0 Å². The van der Waals surface area contributed by atoms with E-state index in [1.165, 1.54) is 4.90 Å². The summed E-state index contributed by atoms with van der Waals surface area (Å²) < 4.78 is 12.0. The number of amides is 2. The molecule has 0 aromatic heterocycles. The van der Waals surface area contributed by atoms with Crippen molar-refractivity contribution in [1.82, 2.24) is 4.90 Å². The Kier molecular flexibility index (Phi) is 6.52. The van der Waals surface area contributed by atoms with Crippen molar-refractivity contribution < 1.29 is 19.1 Å². The van der Waals surface area contributed by atoms with Crippen LogP contribution in [-0.4, -0.2) is 29.8 Å². The highest BCUT2D eigenvalue weighted by Gasteiger charge is 2.35. The van der Waals surface area contributed by atoms with Gasteiger partial charge in [0.2, 0.25) is 0 Å². The summed E-state index contributed by atoms with van der Waals surface area (Å²) in [6.45, 7) is 2.64. The van der Waals surface area contributed by atoms with Gasteiger partial charge < -0.3 is 9.47 Å². The van der Waals surface area contributed by atoms with Crippen LogP contribution in [0.1, 0.15) is 18.1 Å². The minimum atomic E-state index is -0.285. The number of rotatable bonds is 6. The first kappa shape index (κ1) is 21.7. The van der Waals surface area contributed by atoms with Gasteiger partial charge in [-0.25, -0.2) is 0 Å². The van der Waals surface area contributed by atoms with Crippen molar-refractivity contribution in [3.8, 4) is 11.5 Å². The van der Waals surface area contributed by atoms with Crippen molar-refractivity contribution in [3.63, 3.8) is 0 Å². The monoisotopic (exact) mass is 545 g/mol. The molecule has 0 N–H and O–H groups in total. The number of benzene rings is 3. The predicted molar refractivity (Wildman–Crippen MR) is 132 cm³/mol. The average molecular weight is 545 g/mol. The zero-order valence-corrected chi connectivity index (χ0v) is 20.0. The normalized spacial score (nSPS) is 15.2. The summed E-state index contributed by atoms with van der Waals surface area (Å²) in [6, 6.07) is 17.6. The van der Waals surface area contributed by atoms with Gasteiger partial charge >= 0.3 is 0 Å². The molecule has 0 saturated carbocycles. The van der Waals surface area contributed by atoms with Gasteiger partial charge in [-0.3, -0.25) is 14.5 Å². The maximum Gasteiger partial charge on any atom is 0.293 e. The Morgan fingerprint density at radius 3 is 2.65 bits per heavy atom. The smallest absolute Gasteiger partial charge is 0.293 e. The predicted octanol–water partition coefficient (Wildman–Crippen LogP) is 6.09. The number of hydrogen-bond donors (Lipinski definition) is 0. The van der Waals surface area contributed by atoms with Gasteiger partial charge in [-0.1, -0.05) is 42.5 Å². The molecule has 4 rings (SSSR count). The van der Waals surface area contributed by atoms with E-state index in [1.807, 2.05) is 61.5 Å². The number of carbonyl (C=O) groups excluding carboxylic acids is 2. The molecule has 1 saturated heterocycles. The van der Waals surface area contributed by atoms with Crippen LogP contribution < -0.4 is 9.47 Å². The molecule has 0 unspecified atom stereocenters. The van der Waals surface area contributed by atoms with Crippen LogP contribution in [0.4, 0.5) is 4.79 Å². The third kappa shape index (κ3) is 4.43. The summed E-state index contributed by atoms with van der Waals surface area (Å²) >= 11 is 3.13. The molecule has 1 fully saturated rings. The zero-order chi connectivity index (χ0) is 22.0. The molecule has 7 heteroatoms. The van der Waals surface area contributed by atoms with Gasteiger partial charge in [-0.15, -0.1) is 0 Å². The summed E-state index contributed by atoms with van der Waals surface area (Å²) in [4.78, 5) is 27.4. The van der Waals surface area contributed by atoms with Crippen LogP contribution in [0.2, 0.25) is 0 Å². The number of methoxy groups -OCH3 is 1. The van der Waals surface area contributed by atoms with Crippen molar-refractivity contribution in [2.24, 2.45) is 0 Å². The number of halogens is 1. The molecule has 1 aliphatic rings.